The van der Waals surface area contributed by atoms with E-state index >= 15 is 0 Å². The van der Waals surface area contributed by atoms with Gasteiger partial charge in [-0.15, -0.1) is 0 Å². The molecule has 1 saturated heterocycles. The van der Waals surface area contributed by atoms with Crippen LogP contribution in [0, 0.1) is 0 Å². The molecule has 0 radical (unpaired) electrons. The maximum Gasteiger partial charge on any atom is 0.281 e. The van der Waals surface area contributed by atoms with Crippen molar-refractivity contribution < 1.29 is 8.42 Å². The molecule has 0 amide bonds. The number of hydrogen-bond acceptors (Lipinski definition) is 5. The van der Waals surface area contributed by atoms with Crippen LogP contribution in [0.5, 0.6) is 0 Å². The molecule has 26 heavy (non-hydrogen) atoms. The monoisotopic (exact) mass is 378 g/mol. The van der Waals surface area contributed by atoms with Crippen LogP contribution in [0.15, 0.2) is 24.8 Å². The van der Waals surface area contributed by atoms with Crippen molar-refractivity contribution in [1.29, 1.82) is 0 Å². The van der Waals surface area contributed by atoms with Crippen LogP contribution in [0.3, 0.4) is 0 Å². The van der Waals surface area contributed by atoms with Gasteiger partial charge in [-0.05, 0) is 19.3 Å². The largest absolute Gasteiger partial charge is 0.281 e. The number of nitrogens with zero attached hydrogens (tertiary/aromatic N) is 6. The van der Waals surface area contributed by atoms with E-state index in [9.17, 15) is 8.42 Å². The van der Waals surface area contributed by atoms with Crippen LogP contribution in [-0.4, -0.2) is 64.0 Å². The quantitative estimate of drug-likeness (QED) is 0.764. The fraction of sp³-hybridized carbons (Fsp3) is 0.588. The number of aryl methyl sites for hydroxylation is 1. The van der Waals surface area contributed by atoms with Gasteiger partial charge in [0.15, 0.2) is 0 Å². The molecule has 2 aromatic heterocycles. The van der Waals surface area contributed by atoms with Gasteiger partial charge in [0.05, 0.1) is 17.6 Å². The Morgan fingerprint density at radius 2 is 1.88 bits per heavy atom. The average molecular weight is 379 g/mol. The van der Waals surface area contributed by atoms with Gasteiger partial charge in [0.25, 0.3) is 10.2 Å². The Labute approximate surface area is 155 Å². The Morgan fingerprint density at radius 3 is 2.54 bits per heavy atom. The summed E-state index contributed by atoms with van der Waals surface area (Å²) in [5, 5.41) is 4.39. The van der Waals surface area contributed by atoms with Gasteiger partial charge in [0.2, 0.25) is 0 Å². The molecular weight excluding hydrogens is 352 g/mol. The normalized spacial score (nSPS) is 17.1. The molecule has 0 saturated carbocycles. The van der Waals surface area contributed by atoms with Gasteiger partial charge in [-0.1, -0.05) is 6.92 Å². The van der Waals surface area contributed by atoms with Gasteiger partial charge >= 0.3 is 0 Å². The van der Waals surface area contributed by atoms with E-state index in [0.29, 0.717) is 13.1 Å². The number of aromatic nitrogens is 4. The molecule has 1 fully saturated rings. The number of hydrogen-bond donors (Lipinski definition) is 0. The molecule has 3 rings (SSSR count). The zero-order valence-corrected chi connectivity index (χ0v) is 16.4. The SMILES string of the molecule is CCCn1cc(-c2nccnc2C2CCN(S(=O)(=O)N(C)C)CC2)cn1. The van der Waals surface area contributed by atoms with E-state index in [4.69, 9.17) is 0 Å². The molecule has 8 nitrogen and oxygen atoms in total. The fourth-order valence-corrected chi connectivity index (χ4v) is 4.43. The summed E-state index contributed by atoms with van der Waals surface area (Å²) >= 11 is 0. The summed E-state index contributed by atoms with van der Waals surface area (Å²) in [5.74, 6) is 0.196. The van der Waals surface area contributed by atoms with Gasteiger partial charge < -0.3 is 0 Å². The van der Waals surface area contributed by atoms with Gasteiger partial charge in [-0.25, -0.2) is 0 Å². The van der Waals surface area contributed by atoms with Crippen LogP contribution in [0.1, 0.15) is 37.8 Å². The van der Waals surface area contributed by atoms with Crippen molar-refractivity contribution in [2.45, 2.75) is 38.6 Å². The molecule has 0 atom stereocenters. The van der Waals surface area contributed by atoms with E-state index in [1.807, 2.05) is 17.1 Å². The van der Waals surface area contributed by atoms with E-state index in [0.717, 1.165) is 42.8 Å². The summed E-state index contributed by atoms with van der Waals surface area (Å²) in [6.07, 6.45) is 9.73. The zero-order valence-electron chi connectivity index (χ0n) is 15.5. The summed E-state index contributed by atoms with van der Waals surface area (Å²) in [4.78, 5) is 9.12. The van der Waals surface area contributed by atoms with Crippen molar-refractivity contribution in [2.24, 2.45) is 0 Å². The molecule has 3 heterocycles. The standard InChI is InChI=1S/C17H26N6O2S/c1-4-9-22-13-15(12-20-22)17-16(18-7-8-19-17)14-5-10-23(11-6-14)26(24,25)21(2)3/h7-8,12-14H,4-6,9-11H2,1-3H3. The van der Waals surface area contributed by atoms with Crippen LogP contribution in [0.25, 0.3) is 11.3 Å². The van der Waals surface area contributed by atoms with E-state index in [1.165, 1.54) is 4.31 Å². The van der Waals surface area contributed by atoms with Gasteiger partial charge in [-0.3, -0.25) is 14.6 Å². The zero-order chi connectivity index (χ0) is 18.7. The van der Waals surface area contributed by atoms with Crippen molar-refractivity contribution >= 4 is 10.2 Å². The molecule has 0 aromatic carbocycles. The Morgan fingerprint density at radius 1 is 1.19 bits per heavy atom. The molecule has 1 aliphatic heterocycles. The molecule has 0 N–H and O–H groups in total. The Kier molecular flexibility index (Phi) is 5.69. The Hall–Kier alpha value is -1.84. The second kappa shape index (κ2) is 7.81. The van der Waals surface area contributed by atoms with Crippen molar-refractivity contribution in [1.82, 2.24) is 28.4 Å². The lowest BCUT2D eigenvalue weighted by Gasteiger charge is -2.32. The third-order valence-corrected chi connectivity index (χ3v) is 6.65. The first-order valence-electron chi connectivity index (χ1n) is 8.94. The molecule has 0 bridgehead atoms. The average Bonchev–Trinajstić information content (AvgIpc) is 3.10. The topological polar surface area (TPSA) is 84.2 Å². The highest BCUT2D eigenvalue weighted by molar-refractivity contribution is 7.86. The van der Waals surface area contributed by atoms with Crippen LogP contribution < -0.4 is 0 Å². The second-order valence-corrected chi connectivity index (χ2v) is 8.89. The van der Waals surface area contributed by atoms with Crippen LogP contribution in [0.2, 0.25) is 0 Å². The van der Waals surface area contributed by atoms with E-state index in [1.54, 1.807) is 30.8 Å². The highest BCUT2D eigenvalue weighted by Gasteiger charge is 2.31. The summed E-state index contributed by atoms with van der Waals surface area (Å²) in [7, 11) is -0.222. The molecule has 1 aliphatic rings. The first kappa shape index (κ1) is 18.9. The summed E-state index contributed by atoms with van der Waals surface area (Å²) in [5.41, 5.74) is 2.75. The predicted molar refractivity (Wildman–Crippen MR) is 99.7 cm³/mol. The van der Waals surface area contributed by atoms with E-state index in [-0.39, 0.29) is 5.92 Å². The van der Waals surface area contributed by atoms with E-state index < -0.39 is 10.2 Å². The minimum absolute atomic E-state index is 0.196. The van der Waals surface area contributed by atoms with Gasteiger partial charge in [-0.2, -0.15) is 22.1 Å². The van der Waals surface area contributed by atoms with Crippen molar-refractivity contribution in [3.8, 4) is 11.3 Å². The molecule has 0 unspecified atom stereocenters. The lowest BCUT2D eigenvalue weighted by atomic mass is 9.92. The van der Waals surface area contributed by atoms with Gasteiger partial charge in [0, 0.05) is 63.8 Å². The molecular formula is C17H26N6O2S. The smallest absolute Gasteiger partial charge is 0.272 e. The van der Waals surface area contributed by atoms with Crippen molar-refractivity contribution in [3.05, 3.63) is 30.5 Å². The first-order chi connectivity index (χ1) is 12.4. The molecule has 142 valence electrons. The lowest BCUT2D eigenvalue weighted by Crippen LogP contribution is -2.44. The number of rotatable bonds is 6. The maximum absolute atomic E-state index is 12.3. The first-order valence-corrected chi connectivity index (χ1v) is 10.3. The summed E-state index contributed by atoms with van der Waals surface area (Å²) < 4.78 is 29.3. The molecule has 0 spiro atoms. The highest BCUT2D eigenvalue weighted by atomic mass is 32.2. The third-order valence-electron chi connectivity index (χ3n) is 4.71. The second-order valence-electron chi connectivity index (χ2n) is 6.75. The Bertz CT molecular complexity index is 840. The van der Waals surface area contributed by atoms with E-state index in [2.05, 4.69) is 22.0 Å². The molecule has 2 aromatic rings. The Balaban J connectivity index is 1.79. The third kappa shape index (κ3) is 3.79. The summed E-state index contributed by atoms with van der Waals surface area (Å²) in [6.45, 7) is 3.98. The predicted octanol–water partition coefficient (Wildman–Crippen LogP) is 1.74. The van der Waals surface area contributed by atoms with Crippen molar-refractivity contribution in [2.75, 3.05) is 27.2 Å². The van der Waals surface area contributed by atoms with Crippen LogP contribution >= 0.6 is 0 Å². The lowest BCUT2D eigenvalue weighted by molar-refractivity contribution is 0.300. The van der Waals surface area contributed by atoms with Crippen molar-refractivity contribution in [3.63, 3.8) is 0 Å². The van der Waals surface area contributed by atoms with Crippen LogP contribution in [-0.2, 0) is 16.8 Å². The maximum atomic E-state index is 12.3. The molecule has 9 heteroatoms. The number of piperidine rings is 1. The molecule has 0 aliphatic carbocycles. The minimum Gasteiger partial charge on any atom is -0.272 e. The minimum atomic E-state index is -3.35. The fourth-order valence-electron chi connectivity index (χ4n) is 3.30. The highest BCUT2D eigenvalue weighted by Crippen LogP contribution is 2.33. The van der Waals surface area contributed by atoms with Gasteiger partial charge in [0.1, 0.15) is 0 Å². The van der Waals surface area contributed by atoms with Crippen LogP contribution in [0.4, 0.5) is 0 Å². The summed E-state index contributed by atoms with van der Waals surface area (Å²) in [6, 6.07) is 0.